The molecule has 9 aromatic rings. The van der Waals surface area contributed by atoms with E-state index in [1.165, 1.54) is 83.5 Å². The first-order valence-electron chi connectivity index (χ1n) is 20.4. The average molecular weight is 745 g/mol. The first-order valence-corrected chi connectivity index (χ1v) is 20.4. The van der Waals surface area contributed by atoms with Crippen molar-refractivity contribution in [1.29, 1.82) is 0 Å². The Morgan fingerprint density at radius 3 is 1.69 bits per heavy atom. The largest absolute Gasteiger partial charge is 0.310 e. The van der Waals surface area contributed by atoms with Gasteiger partial charge in [-0.3, -0.25) is 0 Å². The number of benzene rings is 8. The normalized spacial score (nSPS) is 14.1. The van der Waals surface area contributed by atoms with Crippen LogP contribution in [0.2, 0.25) is 0 Å². The second-order valence-corrected chi connectivity index (χ2v) is 17.0. The van der Waals surface area contributed by atoms with Crippen LogP contribution in [0.25, 0.3) is 61.2 Å². The molecule has 0 saturated heterocycles. The van der Waals surface area contributed by atoms with Crippen LogP contribution >= 0.6 is 0 Å². The summed E-state index contributed by atoms with van der Waals surface area (Å²) in [6.07, 6.45) is 0. The molecule has 0 fully saturated rings. The fourth-order valence-electron chi connectivity index (χ4n) is 10.1. The van der Waals surface area contributed by atoms with Gasteiger partial charge >= 0.3 is 0 Å². The molecule has 2 aliphatic carbocycles. The van der Waals surface area contributed by atoms with Crippen molar-refractivity contribution < 1.29 is 0 Å². The summed E-state index contributed by atoms with van der Waals surface area (Å²) in [6, 6.07) is 71.6. The zero-order valence-corrected chi connectivity index (χ0v) is 33.4. The van der Waals surface area contributed by atoms with Gasteiger partial charge in [-0.15, -0.1) is 0 Å². The van der Waals surface area contributed by atoms with Crippen molar-refractivity contribution in [2.45, 2.75) is 38.5 Å². The van der Waals surface area contributed by atoms with Gasteiger partial charge in [0.2, 0.25) is 0 Å². The predicted octanol–water partition coefficient (Wildman–Crippen LogP) is 15.0. The Kier molecular flexibility index (Phi) is 7.59. The smallest absolute Gasteiger partial charge is 0.0584 e. The second kappa shape index (κ2) is 12.8. The number of hydrogen-bond donors (Lipinski definition) is 0. The predicted molar refractivity (Wildman–Crippen MR) is 244 cm³/mol. The number of fused-ring (bicyclic) bond motifs is 8. The van der Waals surface area contributed by atoms with E-state index >= 15 is 0 Å². The van der Waals surface area contributed by atoms with E-state index in [1.807, 2.05) is 0 Å². The second-order valence-electron chi connectivity index (χ2n) is 17.0. The number of anilines is 3. The van der Waals surface area contributed by atoms with Crippen LogP contribution in [-0.2, 0) is 10.8 Å². The summed E-state index contributed by atoms with van der Waals surface area (Å²) in [6.45, 7) is 9.49. The number of nitrogens with zero attached hydrogens (tertiary/aromatic N) is 2. The maximum Gasteiger partial charge on any atom is 0.0584 e. The first kappa shape index (κ1) is 34.4. The Hall–Kier alpha value is -6.90. The van der Waals surface area contributed by atoms with Crippen LogP contribution in [0.5, 0.6) is 0 Å². The number of aromatic nitrogens is 1. The molecule has 0 amide bonds. The van der Waals surface area contributed by atoms with Crippen molar-refractivity contribution in [2.24, 2.45) is 0 Å². The molecular weight excluding hydrogens is 701 g/mol. The number of rotatable bonds is 6. The van der Waals surface area contributed by atoms with Crippen LogP contribution in [0.4, 0.5) is 17.1 Å². The van der Waals surface area contributed by atoms with Gasteiger partial charge in [-0.1, -0.05) is 161 Å². The fourth-order valence-corrected chi connectivity index (χ4v) is 10.1. The van der Waals surface area contributed by atoms with Gasteiger partial charge in [0.05, 0.1) is 11.2 Å². The molecule has 2 aliphatic rings. The van der Waals surface area contributed by atoms with Crippen molar-refractivity contribution in [3.8, 4) is 50.3 Å². The summed E-state index contributed by atoms with van der Waals surface area (Å²) in [5.41, 5.74) is 21.2. The van der Waals surface area contributed by atoms with E-state index in [1.54, 1.807) is 0 Å². The lowest BCUT2D eigenvalue weighted by molar-refractivity contribution is 0.660. The van der Waals surface area contributed by atoms with Crippen LogP contribution in [0.15, 0.2) is 194 Å². The molecule has 1 aromatic heterocycles. The van der Waals surface area contributed by atoms with E-state index in [0.717, 1.165) is 17.1 Å². The van der Waals surface area contributed by atoms with Crippen LogP contribution in [-0.4, -0.2) is 4.57 Å². The Balaban J connectivity index is 1.07. The number of para-hydroxylation sites is 1. The summed E-state index contributed by atoms with van der Waals surface area (Å²) in [4.78, 5) is 2.43. The molecule has 0 N–H and O–H groups in total. The highest BCUT2D eigenvalue weighted by atomic mass is 15.1. The van der Waals surface area contributed by atoms with Gasteiger partial charge in [-0.25, -0.2) is 0 Å². The van der Waals surface area contributed by atoms with E-state index in [0.29, 0.717) is 0 Å². The number of hydrogen-bond acceptors (Lipinski definition) is 1. The average Bonchev–Trinajstić information content (AvgIpc) is 3.82. The Morgan fingerprint density at radius 2 is 0.931 bits per heavy atom. The van der Waals surface area contributed by atoms with Crippen LogP contribution in [0.1, 0.15) is 49.9 Å². The van der Waals surface area contributed by atoms with E-state index in [4.69, 9.17) is 0 Å². The fraction of sp³-hybridized carbons (Fsp3) is 0.107. The Bertz CT molecular complexity index is 3040. The van der Waals surface area contributed by atoms with Crippen molar-refractivity contribution in [2.75, 3.05) is 4.90 Å². The van der Waals surface area contributed by atoms with Gasteiger partial charge < -0.3 is 9.47 Å². The van der Waals surface area contributed by atoms with Gasteiger partial charge in [0.25, 0.3) is 0 Å². The molecule has 0 radical (unpaired) electrons. The molecule has 0 saturated carbocycles. The maximum atomic E-state index is 2.48. The van der Waals surface area contributed by atoms with Gasteiger partial charge in [0, 0.05) is 44.5 Å². The van der Waals surface area contributed by atoms with E-state index in [-0.39, 0.29) is 10.8 Å². The van der Waals surface area contributed by atoms with Crippen molar-refractivity contribution in [3.05, 3.63) is 216 Å². The lowest BCUT2D eigenvalue weighted by Crippen LogP contribution is -2.16. The molecule has 2 nitrogen and oxygen atoms in total. The lowest BCUT2D eigenvalue weighted by atomic mass is 9.81. The molecule has 278 valence electrons. The highest BCUT2D eigenvalue weighted by Gasteiger charge is 2.40. The molecule has 0 unspecified atom stereocenters. The molecule has 0 bridgehead atoms. The monoisotopic (exact) mass is 744 g/mol. The molecule has 58 heavy (non-hydrogen) atoms. The third kappa shape index (κ3) is 5.11. The van der Waals surface area contributed by atoms with Crippen molar-refractivity contribution >= 4 is 28.0 Å². The molecule has 0 spiro atoms. The highest BCUT2D eigenvalue weighted by molar-refractivity contribution is 6.01. The maximum absolute atomic E-state index is 2.48. The van der Waals surface area contributed by atoms with Crippen molar-refractivity contribution in [1.82, 2.24) is 4.57 Å². The molecule has 8 aromatic carbocycles. The zero-order valence-electron chi connectivity index (χ0n) is 33.4. The third-order valence-electron chi connectivity index (χ3n) is 13.0. The van der Waals surface area contributed by atoms with Gasteiger partial charge in [0.1, 0.15) is 0 Å². The first-order chi connectivity index (χ1) is 28.3. The van der Waals surface area contributed by atoms with Crippen LogP contribution in [0.3, 0.4) is 0 Å². The summed E-state index contributed by atoms with van der Waals surface area (Å²) in [7, 11) is 0. The van der Waals surface area contributed by atoms with Crippen LogP contribution in [0, 0.1) is 0 Å². The van der Waals surface area contributed by atoms with E-state index in [2.05, 4.69) is 231 Å². The van der Waals surface area contributed by atoms with E-state index < -0.39 is 0 Å². The third-order valence-corrected chi connectivity index (χ3v) is 13.0. The summed E-state index contributed by atoms with van der Waals surface area (Å²) >= 11 is 0. The quantitative estimate of drug-likeness (QED) is 0.165. The van der Waals surface area contributed by atoms with Crippen LogP contribution < -0.4 is 4.90 Å². The lowest BCUT2D eigenvalue weighted by Gasteiger charge is -2.28. The topological polar surface area (TPSA) is 8.17 Å². The van der Waals surface area contributed by atoms with E-state index in [9.17, 15) is 0 Å². The minimum absolute atomic E-state index is 0.105. The highest BCUT2D eigenvalue weighted by Crippen LogP contribution is 2.54. The molecule has 2 heteroatoms. The van der Waals surface area contributed by atoms with Crippen molar-refractivity contribution in [3.63, 3.8) is 0 Å². The molecule has 1 heterocycles. The standard InChI is InChI=1S/C56H44N2/c1-55(2)49-24-13-11-22-45(49)46-32-31-44(36-51(46)55)57(42-29-26-38(27-30-42)37-16-7-5-8-17-37)43-21-15-18-39(34-43)40-28-33-52-48(35-40)53-54(58(52)41-19-9-6-10-20-41)47-23-12-14-25-50(47)56(53,3)4/h5-36H,1-4H3. The minimum Gasteiger partial charge on any atom is -0.310 e. The Labute approximate surface area is 341 Å². The summed E-state index contributed by atoms with van der Waals surface area (Å²) in [5.74, 6) is 0. The summed E-state index contributed by atoms with van der Waals surface area (Å²) in [5, 5.41) is 1.30. The van der Waals surface area contributed by atoms with Gasteiger partial charge in [-0.2, -0.15) is 0 Å². The molecular formula is C56H44N2. The zero-order chi connectivity index (χ0) is 39.2. The van der Waals surface area contributed by atoms with Gasteiger partial charge in [-0.05, 0) is 116 Å². The van der Waals surface area contributed by atoms with Gasteiger partial charge in [0.15, 0.2) is 0 Å². The summed E-state index contributed by atoms with van der Waals surface area (Å²) < 4.78 is 2.48. The molecule has 11 rings (SSSR count). The molecule has 0 atom stereocenters. The molecule has 0 aliphatic heterocycles. The Morgan fingerprint density at radius 1 is 0.379 bits per heavy atom. The minimum atomic E-state index is -0.144. The SMILES string of the molecule is CC1(C)c2ccccc2-c2ccc(N(c3ccc(-c4ccccc4)cc3)c3cccc(-c4ccc5c(c4)c4c(n5-c5ccccc5)-c5ccccc5C4(C)C)c3)cc21.